The van der Waals surface area contributed by atoms with Crippen LogP contribution in [0.1, 0.15) is 56.0 Å². The summed E-state index contributed by atoms with van der Waals surface area (Å²) < 4.78 is 5.99. The van der Waals surface area contributed by atoms with E-state index < -0.39 is 11.5 Å². The standard InChI is InChI=1S/C23H32O4/c1-14-6-8-17(9-7-14)21(26)27-18-12-15(2)22(4)10-11-23(5,19(25)13-24)20(18)16(22)3/h6-9,15,18-20,24-25H,3,10-13H2,1-2,4-5H3/t15-,18+,19+,20+,22+,23-/m1/s1. The molecule has 2 bridgehead atoms. The zero-order valence-electron chi connectivity index (χ0n) is 16.9. The van der Waals surface area contributed by atoms with Gasteiger partial charge in [0.1, 0.15) is 6.10 Å². The molecule has 6 atom stereocenters. The maximum atomic E-state index is 12.8. The lowest BCUT2D eigenvalue weighted by Crippen LogP contribution is -2.58. The van der Waals surface area contributed by atoms with Crippen LogP contribution in [0.15, 0.2) is 36.4 Å². The SMILES string of the molecule is C=C1[C@H]2[C@@H](OC(=O)c3ccc(C)cc3)C[C@@H](C)[C@]1(C)CC[C@]2(C)[C@@H](O)CO. The molecule has 0 amide bonds. The third-order valence-electron chi connectivity index (χ3n) is 7.53. The van der Waals surface area contributed by atoms with Crippen molar-refractivity contribution in [3.63, 3.8) is 0 Å². The molecule has 1 aromatic rings. The van der Waals surface area contributed by atoms with E-state index in [1.165, 1.54) is 0 Å². The average molecular weight is 373 g/mol. The number of aliphatic hydroxyl groups excluding tert-OH is 2. The van der Waals surface area contributed by atoms with Gasteiger partial charge in [-0.15, -0.1) is 0 Å². The summed E-state index contributed by atoms with van der Waals surface area (Å²) in [6.45, 7) is 12.5. The van der Waals surface area contributed by atoms with Crippen LogP contribution in [-0.2, 0) is 4.74 Å². The number of hydrogen-bond donors (Lipinski definition) is 2. The summed E-state index contributed by atoms with van der Waals surface area (Å²) in [6.07, 6.45) is 1.23. The van der Waals surface area contributed by atoms with Gasteiger partial charge in [-0.05, 0) is 49.7 Å². The van der Waals surface area contributed by atoms with Crippen LogP contribution in [0, 0.1) is 29.6 Å². The Balaban J connectivity index is 1.92. The number of rotatable bonds is 4. The van der Waals surface area contributed by atoms with E-state index in [0.29, 0.717) is 11.5 Å². The first-order valence-corrected chi connectivity index (χ1v) is 9.89. The summed E-state index contributed by atoms with van der Waals surface area (Å²) in [7, 11) is 0. The predicted molar refractivity (Wildman–Crippen MR) is 105 cm³/mol. The first kappa shape index (κ1) is 20.1. The van der Waals surface area contributed by atoms with E-state index in [2.05, 4.69) is 20.4 Å². The fourth-order valence-corrected chi connectivity index (χ4v) is 5.15. The molecule has 0 saturated heterocycles. The molecule has 3 rings (SSSR count). The minimum Gasteiger partial charge on any atom is -0.458 e. The lowest BCUT2D eigenvalue weighted by Gasteiger charge is -2.60. The number of aryl methyl sites for hydroxylation is 1. The fourth-order valence-electron chi connectivity index (χ4n) is 5.15. The van der Waals surface area contributed by atoms with E-state index in [-0.39, 0.29) is 30.0 Å². The molecule has 0 radical (unpaired) electrons. The predicted octanol–water partition coefficient (Wildman–Crippen LogP) is 3.89. The van der Waals surface area contributed by atoms with Crippen LogP contribution in [-0.4, -0.2) is 35.0 Å². The zero-order valence-corrected chi connectivity index (χ0v) is 16.9. The Kier molecular flexibility index (Phi) is 5.26. The molecule has 2 aliphatic carbocycles. The molecule has 0 spiro atoms. The molecular weight excluding hydrogens is 340 g/mol. The van der Waals surface area contributed by atoms with Crippen molar-refractivity contribution in [2.75, 3.05) is 6.61 Å². The smallest absolute Gasteiger partial charge is 0.338 e. The number of ether oxygens (including phenoxy) is 1. The van der Waals surface area contributed by atoms with E-state index in [0.717, 1.165) is 30.4 Å². The highest BCUT2D eigenvalue weighted by atomic mass is 16.5. The van der Waals surface area contributed by atoms with Crippen LogP contribution in [0.3, 0.4) is 0 Å². The van der Waals surface area contributed by atoms with Gasteiger partial charge < -0.3 is 14.9 Å². The highest BCUT2D eigenvalue weighted by Gasteiger charge is 2.59. The fraction of sp³-hybridized carbons (Fsp3) is 0.609. The molecule has 0 aromatic heterocycles. The number of carbonyl (C=O) groups is 1. The van der Waals surface area contributed by atoms with E-state index in [1.54, 1.807) is 12.1 Å². The Morgan fingerprint density at radius 1 is 1.30 bits per heavy atom. The van der Waals surface area contributed by atoms with Gasteiger partial charge in [-0.2, -0.15) is 0 Å². The van der Waals surface area contributed by atoms with E-state index in [1.807, 2.05) is 26.0 Å². The van der Waals surface area contributed by atoms with Crippen molar-refractivity contribution in [2.24, 2.45) is 22.7 Å². The summed E-state index contributed by atoms with van der Waals surface area (Å²) in [5.74, 6) is -0.160. The van der Waals surface area contributed by atoms with Crippen molar-refractivity contribution in [3.8, 4) is 0 Å². The second-order valence-electron chi connectivity index (χ2n) is 9.07. The van der Waals surface area contributed by atoms with Gasteiger partial charge in [-0.25, -0.2) is 4.79 Å². The Hall–Kier alpha value is -1.65. The van der Waals surface area contributed by atoms with Crippen molar-refractivity contribution in [3.05, 3.63) is 47.5 Å². The monoisotopic (exact) mass is 372 g/mol. The summed E-state index contributed by atoms with van der Waals surface area (Å²) in [4.78, 5) is 12.8. The maximum absolute atomic E-state index is 12.8. The first-order valence-electron chi connectivity index (χ1n) is 9.89. The zero-order chi connectivity index (χ0) is 20.0. The van der Waals surface area contributed by atoms with Gasteiger partial charge in [0, 0.05) is 11.3 Å². The number of carbonyl (C=O) groups excluding carboxylic acids is 1. The number of benzene rings is 1. The van der Waals surface area contributed by atoms with E-state index in [9.17, 15) is 15.0 Å². The molecule has 1 aromatic carbocycles. The number of aliphatic hydroxyl groups is 2. The molecule has 0 aliphatic heterocycles. The Morgan fingerprint density at radius 3 is 2.52 bits per heavy atom. The van der Waals surface area contributed by atoms with Gasteiger partial charge in [-0.1, -0.05) is 50.6 Å². The second kappa shape index (κ2) is 7.06. The third kappa shape index (κ3) is 3.23. The van der Waals surface area contributed by atoms with Crippen LogP contribution in [0.5, 0.6) is 0 Å². The third-order valence-corrected chi connectivity index (χ3v) is 7.53. The lowest BCUT2D eigenvalue weighted by molar-refractivity contribution is -0.128. The molecule has 2 N–H and O–H groups in total. The van der Waals surface area contributed by atoms with Crippen molar-refractivity contribution in [1.82, 2.24) is 0 Å². The van der Waals surface area contributed by atoms with Crippen LogP contribution in [0.2, 0.25) is 0 Å². The average Bonchev–Trinajstić information content (AvgIpc) is 2.63. The van der Waals surface area contributed by atoms with Gasteiger partial charge in [0.2, 0.25) is 0 Å². The lowest BCUT2D eigenvalue weighted by atomic mass is 9.47. The topological polar surface area (TPSA) is 66.8 Å². The summed E-state index contributed by atoms with van der Waals surface area (Å²) in [5.41, 5.74) is 2.10. The normalized spacial score (nSPS) is 37.0. The molecule has 0 heterocycles. The van der Waals surface area contributed by atoms with Gasteiger partial charge in [0.05, 0.1) is 18.3 Å². The maximum Gasteiger partial charge on any atom is 0.338 e. The van der Waals surface area contributed by atoms with Gasteiger partial charge in [-0.3, -0.25) is 0 Å². The second-order valence-corrected chi connectivity index (χ2v) is 9.07. The largest absolute Gasteiger partial charge is 0.458 e. The number of esters is 1. The van der Waals surface area contributed by atoms with Crippen LogP contribution < -0.4 is 0 Å². The first-order chi connectivity index (χ1) is 12.6. The Labute approximate surface area is 162 Å². The molecule has 148 valence electrons. The molecule has 4 nitrogen and oxygen atoms in total. The van der Waals surface area contributed by atoms with Gasteiger partial charge in [0.25, 0.3) is 0 Å². The Morgan fingerprint density at radius 2 is 1.93 bits per heavy atom. The molecule has 27 heavy (non-hydrogen) atoms. The minimum absolute atomic E-state index is 0.0217. The Bertz CT molecular complexity index is 724. The van der Waals surface area contributed by atoms with Crippen molar-refractivity contribution in [2.45, 2.75) is 59.2 Å². The molecule has 2 fully saturated rings. The summed E-state index contributed by atoms with van der Waals surface area (Å²) in [6, 6.07) is 7.36. The van der Waals surface area contributed by atoms with Crippen molar-refractivity contribution < 1.29 is 19.7 Å². The van der Waals surface area contributed by atoms with E-state index in [4.69, 9.17) is 4.74 Å². The number of fused-ring (bicyclic) bond motifs is 2. The van der Waals surface area contributed by atoms with Crippen molar-refractivity contribution >= 4 is 5.97 Å². The van der Waals surface area contributed by atoms with Crippen LogP contribution >= 0.6 is 0 Å². The number of hydrogen-bond acceptors (Lipinski definition) is 4. The van der Waals surface area contributed by atoms with Gasteiger partial charge >= 0.3 is 5.97 Å². The summed E-state index contributed by atoms with van der Waals surface area (Å²) >= 11 is 0. The van der Waals surface area contributed by atoms with Crippen LogP contribution in [0.4, 0.5) is 0 Å². The minimum atomic E-state index is -0.863. The van der Waals surface area contributed by atoms with E-state index >= 15 is 0 Å². The molecular formula is C23H32O4. The van der Waals surface area contributed by atoms with Gasteiger partial charge in [0.15, 0.2) is 0 Å². The highest BCUT2D eigenvalue weighted by Crippen LogP contribution is 2.62. The molecule has 2 aliphatic rings. The quantitative estimate of drug-likeness (QED) is 0.621. The molecule has 2 saturated carbocycles. The van der Waals surface area contributed by atoms with Crippen molar-refractivity contribution in [1.29, 1.82) is 0 Å². The highest BCUT2D eigenvalue weighted by molar-refractivity contribution is 5.89. The molecule has 0 unspecified atom stereocenters. The molecule has 4 heteroatoms. The summed E-state index contributed by atoms with van der Waals surface area (Å²) in [5, 5.41) is 20.2. The van der Waals surface area contributed by atoms with Crippen LogP contribution in [0.25, 0.3) is 0 Å².